The summed E-state index contributed by atoms with van der Waals surface area (Å²) < 4.78 is 4.09. The zero-order chi connectivity index (χ0) is 17.6. The molecule has 0 saturated heterocycles. The highest BCUT2D eigenvalue weighted by molar-refractivity contribution is 9.10. The minimum atomic E-state index is -0.235. The summed E-state index contributed by atoms with van der Waals surface area (Å²) >= 11 is 3.36. The molecule has 1 aromatic heterocycles. The fourth-order valence-corrected chi connectivity index (χ4v) is 3.71. The van der Waals surface area contributed by atoms with Gasteiger partial charge in [-0.3, -0.25) is 18.7 Å². The van der Waals surface area contributed by atoms with E-state index in [-0.39, 0.29) is 24.0 Å². The molecule has 0 unspecified atom stereocenters. The van der Waals surface area contributed by atoms with Crippen LogP contribution in [0.25, 0.3) is 0 Å². The van der Waals surface area contributed by atoms with E-state index in [2.05, 4.69) is 21.2 Å². The number of halogens is 1. The Morgan fingerprint density at radius 2 is 1.80 bits per heavy atom. The van der Waals surface area contributed by atoms with Crippen LogP contribution in [0.5, 0.6) is 0 Å². The summed E-state index contributed by atoms with van der Waals surface area (Å²) in [5.41, 5.74) is 1.46. The van der Waals surface area contributed by atoms with Crippen molar-refractivity contribution in [2.75, 3.05) is 13.1 Å². The zero-order valence-corrected chi connectivity index (χ0v) is 15.1. The molecule has 25 heavy (non-hydrogen) atoms. The third-order valence-electron chi connectivity index (χ3n) is 4.70. The predicted molar refractivity (Wildman–Crippen MR) is 94.5 cm³/mol. The average molecular weight is 405 g/mol. The Labute approximate surface area is 152 Å². The standard InChI is InChI=1S/C17H17BrN4O3/c18-12-4-2-11(3-5-12)16(24)20-8-9-21-13(10-20)14-15(23)19-6-1-7-22(14)17(21)25/h2-5H,1,6-10H2,(H,19,23). The molecule has 2 aliphatic heterocycles. The molecule has 0 bridgehead atoms. The Kier molecular flexibility index (Phi) is 3.99. The van der Waals surface area contributed by atoms with Crippen LogP contribution in [0, 0.1) is 0 Å². The summed E-state index contributed by atoms with van der Waals surface area (Å²) in [5, 5.41) is 2.83. The number of imidazole rings is 1. The molecule has 3 heterocycles. The molecule has 0 fully saturated rings. The van der Waals surface area contributed by atoms with Crippen molar-refractivity contribution in [3.05, 3.63) is 56.2 Å². The Balaban J connectivity index is 1.69. The maximum Gasteiger partial charge on any atom is 0.329 e. The lowest BCUT2D eigenvalue weighted by molar-refractivity contribution is 0.0706. The average Bonchev–Trinajstić information content (AvgIpc) is 2.76. The molecule has 0 spiro atoms. The van der Waals surface area contributed by atoms with E-state index in [9.17, 15) is 14.4 Å². The van der Waals surface area contributed by atoms with Gasteiger partial charge in [-0.15, -0.1) is 0 Å². The molecule has 0 atom stereocenters. The lowest BCUT2D eigenvalue weighted by Gasteiger charge is -2.28. The maximum absolute atomic E-state index is 12.8. The zero-order valence-electron chi connectivity index (χ0n) is 13.5. The van der Waals surface area contributed by atoms with Crippen LogP contribution in [-0.4, -0.2) is 38.9 Å². The van der Waals surface area contributed by atoms with E-state index in [4.69, 9.17) is 0 Å². The number of carbonyl (C=O) groups excluding carboxylic acids is 2. The van der Waals surface area contributed by atoms with Crippen LogP contribution in [0.15, 0.2) is 33.5 Å². The molecule has 2 aromatic rings. The summed E-state index contributed by atoms with van der Waals surface area (Å²) in [6.45, 7) is 2.20. The van der Waals surface area contributed by atoms with E-state index < -0.39 is 0 Å². The normalized spacial score (nSPS) is 16.7. The number of hydrogen-bond acceptors (Lipinski definition) is 3. The number of amides is 2. The van der Waals surface area contributed by atoms with Gasteiger partial charge in [0.05, 0.1) is 12.2 Å². The van der Waals surface area contributed by atoms with Crippen LogP contribution in [0.2, 0.25) is 0 Å². The molecular weight excluding hydrogens is 388 g/mol. The first-order chi connectivity index (χ1) is 12.1. The maximum atomic E-state index is 12.8. The number of fused-ring (bicyclic) bond motifs is 3. The van der Waals surface area contributed by atoms with Crippen molar-refractivity contribution in [1.82, 2.24) is 19.4 Å². The first kappa shape index (κ1) is 16.1. The van der Waals surface area contributed by atoms with Crippen molar-refractivity contribution in [3.8, 4) is 0 Å². The lowest BCUT2D eigenvalue weighted by Crippen LogP contribution is -2.41. The fourth-order valence-electron chi connectivity index (χ4n) is 3.44. The van der Waals surface area contributed by atoms with Gasteiger partial charge in [-0.05, 0) is 30.7 Å². The van der Waals surface area contributed by atoms with Crippen molar-refractivity contribution in [2.24, 2.45) is 0 Å². The molecule has 2 aliphatic rings. The van der Waals surface area contributed by atoms with Gasteiger partial charge in [-0.2, -0.15) is 0 Å². The minimum Gasteiger partial charge on any atom is -0.351 e. The number of rotatable bonds is 1. The largest absolute Gasteiger partial charge is 0.351 e. The Bertz CT molecular complexity index is 913. The van der Waals surface area contributed by atoms with Gasteiger partial charge in [-0.25, -0.2) is 4.79 Å². The Morgan fingerprint density at radius 3 is 2.56 bits per heavy atom. The van der Waals surface area contributed by atoms with Gasteiger partial charge < -0.3 is 10.2 Å². The van der Waals surface area contributed by atoms with Gasteiger partial charge in [0.1, 0.15) is 5.69 Å². The summed E-state index contributed by atoms with van der Waals surface area (Å²) in [7, 11) is 0. The number of carbonyl (C=O) groups is 2. The molecule has 7 nitrogen and oxygen atoms in total. The first-order valence-corrected chi connectivity index (χ1v) is 9.01. The van der Waals surface area contributed by atoms with Gasteiger partial charge in [0.15, 0.2) is 0 Å². The van der Waals surface area contributed by atoms with Crippen molar-refractivity contribution in [2.45, 2.75) is 26.1 Å². The molecule has 0 aliphatic carbocycles. The topological polar surface area (TPSA) is 76.3 Å². The quantitative estimate of drug-likeness (QED) is 0.775. The number of hydrogen-bond donors (Lipinski definition) is 1. The molecule has 8 heteroatoms. The van der Waals surface area contributed by atoms with Crippen LogP contribution in [0.4, 0.5) is 0 Å². The van der Waals surface area contributed by atoms with Crippen LogP contribution < -0.4 is 11.0 Å². The molecule has 4 rings (SSSR count). The minimum absolute atomic E-state index is 0.0971. The summed E-state index contributed by atoms with van der Waals surface area (Å²) in [5.74, 6) is -0.332. The number of nitrogens with zero attached hydrogens (tertiary/aromatic N) is 3. The molecule has 0 saturated carbocycles. The number of nitrogens with one attached hydrogen (secondary N) is 1. The van der Waals surface area contributed by atoms with Gasteiger partial charge >= 0.3 is 5.69 Å². The Morgan fingerprint density at radius 1 is 1.04 bits per heavy atom. The number of aromatic nitrogens is 2. The summed E-state index contributed by atoms with van der Waals surface area (Å²) in [6, 6.07) is 7.18. The van der Waals surface area contributed by atoms with Gasteiger partial charge in [0.2, 0.25) is 0 Å². The van der Waals surface area contributed by atoms with Crippen LogP contribution in [0.1, 0.15) is 33.0 Å². The molecule has 130 valence electrons. The second-order valence-corrected chi connectivity index (χ2v) is 7.14. The highest BCUT2D eigenvalue weighted by Crippen LogP contribution is 2.20. The fraction of sp³-hybridized carbons (Fsp3) is 0.353. The van der Waals surface area contributed by atoms with Gasteiger partial charge in [0.25, 0.3) is 11.8 Å². The molecule has 1 aromatic carbocycles. The van der Waals surface area contributed by atoms with E-state index in [1.165, 1.54) is 0 Å². The molecule has 0 radical (unpaired) electrons. The van der Waals surface area contributed by atoms with Crippen LogP contribution in [-0.2, 0) is 19.6 Å². The molecule has 1 N–H and O–H groups in total. The van der Waals surface area contributed by atoms with Gasteiger partial charge in [-0.1, -0.05) is 15.9 Å². The van der Waals surface area contributed by atoms with E-state index in [1.54, 1.807) is 26.2 Å². The van der Waals surface area contributed by atoms with Gasteiger partial charge in [0, 0.05) is 36.2 Å². The third-order valence-corrected chi connectivity index (χ3v) is 5.23. The highest BCUT2D eigenvalue weighted by atomic mass is 79.9. The van der Waals surface area contributed by atoms with Crippen molar-refractivity contribution in [1.29, 1.82) is 0 Å². The third kappa shape index (κ3) is 2.70. The summed E-state index contributed by atoms with van der Waals surface area (Å²) in [6.07, 6.45) is 0.726. The first-order valence-electron chi connectivity index (χ1n) is 8.21. The van der Waals surface area contributed by atoms with Crippen LogP contribution >= 0.6 is 15.9 Å². The van der Waals surface area contributed by atoms with E-state index in [1.807, 2.05) is 12.1 Å². The smallest absolute Gasteiger partial charge is 0.329 e. The highest BCUT2D eigenvalue weighted by Gasteiger charge is 2.32. The monoisotopic (exact) mass is 404 g/mol. The van der Waals surface area contributed by atoms with Crippen molar-refractivity contribution in [3.63, 3.8) is 0 Å². The predicted octanol–water partition coefficient (Wildman–Crippen LogP) is 1.20. The summed E-state index contributed by atoms with van der Waals surface area (Å²) in [4.78, 5) is 39.4. The van der Waals surface area contributed by atoms with E-state index in [0.29, 0.717) is 43.1 Å². The SMILES string of the molecule is O=C1NCCCn2c1c1n(c2=O)CCN(C(=O)c2ccc(Br)cc2)C1. The number of benzene rings is 1. The lowest BCUT2D eigenvalue weighted by atomic mass is 10.1. The molecular formula is C17H17BrN4O3. The van der Waals surface area contributed by atoms with Crippen molar-refractivity contribution < 1.29 is 9.59 Å². The van der Waals surface area contributed by atoms with Crippen LogP contribution in [0.3, 0.4) is 0 Å². The second kappa shape index (κ2) is 6.18. The Hall–Kier alpha value is -2.35. The van der Waals surface area contributed by atoms with E-state index in [0.717, 1.165) is 10.9 Å². The van der Waals surface area contributed by atoms with Crippen molar-refractivity contribution >= 4 is 27.7 Å². The second-order valence-electron chi connectivity index (χ2n) is 6.22. The molecule has 2 amide bonds. The van der Waals surface area contributed by atoms with E-state index >= 15 is 0 Å².